The van der Waals surface area contributed by atoms with Crippen molar-refractivity contribution in [2.75, 3.05) is 0 Å². The highest BCUT2D eigenvalue weighted by Crippen LogP contribution is 2.38. The first-order valence-corrected chi connectivity index (χ1v) is 6.67. The molecule has 0 amide bonds. The molecule has 1 aromatic rings. The molecule has 90 valence electrons. The molecule has 0 aromatic carbocycles. The minimum absolute atomic E-state index is 0.412. The SMILES string of the molecule is N#CCc1nnn(CCC2CC2)c1C1CCC1. The minimum atomic E-state index is 0.412. The molecule has 0 saturated heterocycles. The van der Waals surface area contributed by atoms with E-state index in [-0.39, 0.29) is 0 Å². The van der Waals surface area contributed by atoms with Crippen LogP contribution in [-0.4, -0.2) is 15.0 Å². The maximum absolute atomic E-state index is 8.83. The summed E-state index contributed by atoms with van der Waals surface area (Å²) >= 11 is 0. The fourth-order valence-electron chi connectivity index (χ4n) is 2.56. The average molecular weight is 230 g/mol. The highest BCUT2D eigenvalue weighted by molar-refractivity contribution is 5.20. The van der Waals surface area contributed by atoms with Crippen molar-refractivity contribution in [2.24, 2.45) is 5.92 Å². The van der Waals surface area contributed by atoms with Crippen molar-refractivity contribution in [3.8, 4) is 6.07 Å². The fraction of sp³-hybridized carbons (Fsp3) is 0.769. The molecular weight excluding hydrogens is 212 g/mol. The normalized spacial score (nSPS) is 19.9. The van der Waals surface area contributed by atoms with Gasteiger partial charge in [-0.15, -0.1) is 5.10 Å². The third-order valence-electron chi connectivity index (χ3n) is 4.03. The van der Waals surface area contributed by atoms with Gasteiger partial charge in [0.2, 0.25) is 0 Å². The monoisotopic (exact) mass is 230 g/mol. The Balaban J connectivity index is 1.77. The van der Waals surface area contributed by atoms with Gasteiger partial charge in [0.15, 0.2) is 0 Å². The second-order valence-corrected chi connectivity index (χ2v) is 5.34. The summed E-state index contributed by atoms with van der Waals surface area (Å²) in [6.07, 6.45) is 8.22. The average Bonchev–Trinajstić information content (AvgIpc) is 3.01. The van der Waals surface area contributed by atoms with Gasteiger partial charge in [-0.05, 0) is 25.2 Å². The van der Waals surface area contributed by atoms with Crippen LogP contribution in [0.5, 0.6) is 0 Å². The fourth-order valence-corrected chi connectivity index (χ4v) is 2.56. The van der Waals surface area contributed by atoms with Crippen LogP contribution in [0.25, 0.3) is 0 Å². The molecule has 1 aromatic heterocycles. The van der Waals surface area contributed by atoms with Crippen molar-refractivity contribution in [1.29, 1.82) is 5.26 Å². The lowest BCUT2D eigenvalue weighted by molar-refractivity contribution is 0.380. The van der Waals surface area contributed by atoms with Crippen LogP contribution in [0.4, 0.5) is 0 Å². The van der Waals surface area contributed by atoms with Crippen LogP contribution in [-0.2, 0) is 13.0 Å². The molecule has 0 N–H and O–H groups in total. The molecule has 2 saturated carbocycles. The van der Waals surface area contributed by atoms with E-state index in [0.717, 1.165) is 18.2 Å². The first kappa shape index (κ1) is 10.8. The summed E-state index contributed by atoms with van der Waals surface area (Å²) in [7, 11) is 0. The summed E-state index contributed by atoms with van der Waals surface area (Å²) in [5.74, 6) is 1.54. The van der Waals surface area contributed by atoms with E-state index in [9.17, 15) is 0 Å². The van der Waals surface area contributed by atoms with E-state index in [0.29, 0.717) is 12.3 Å². The lowest BCUT2D eigenvalue weighted by atomic mass is 9.81. The summed E-state index contributed by atoms with van der Waals surface area (Å²) in [5.41, 5.74) is 2.19. The van der Waals surface area contributed by atoms with Crippen molar-refractivity contribution in [1.82, 2.24) is 15.0 Å². The number of hydrogen-bond donors (Lipinski definition) is 0. The first-order chi connectivity index (χ1) is 8.38. The number of aromatic nitrogens is 3. The molecule has 2 aliphatic rings. The minimum Gasteiger partial charge on any atom is -0.249 e. The summed E-state index contributed by atoms with van der Waals surface area (Å²) in [6.45, 7) is 0.995. The Bertz CT molecular complexity index is 435. The largest absolute Gasteiger partial charge is 0.249 e. The zero-order valence-electron chi connectivity index (χ0n) is 10.1. The summed E-state index contributed by atoms with van der Waals surface area (Å²) in [4.78, 5) is 0. The predicted octanol–water partition coefficient (Wildman–Crippen LogP) is 2.41. The van der Waals surface area contributed by atoms with E-state index in [4.69, 9.17) is 5.26 Å². The molecule has 2 fully saturated rings. The molecule has 1 heterocycles. The zero-order chi connectivity index (χ0) is 11.7. The molecule has 0 aliphatic heterocycles. The van der Waals surface area contributed by atoms with Gasteiger partial charge >= 0.3 is 0 Å². The Labute approximate surface area is 102 Å². The van der Waals surface area contributed by atoms with Gasteiger partial charge in [0, 0.05) is 12.5 Å². The molecule has 0 unspecified atom stereocenters. The lowest BCUT2D eigenvalue weighted by Crippen LogP contribution is -2.17. The van der Waals surface area contributed by atoms with Gasteiger partial charge in [0.25, 0.3) is 0 Å². The van der Waals surface area contributed by atoms with E-state index in [1.807, 2.05) is 0 Å². The van der Waals surface area contributed by atoms with Crippen LogP contribution in [0.2, 0.25) is 0 Å². The van der Waals surface area contributed by atoms with Crippen LogP contribution in [0.3, 0.4) is 0 Å². The van der Waals surface area contributed by atoms with Gasteiger partial charge in [-0.1, -0.05) is 24.5 Å². The molecule has 0 radical (unpaired) electrons. The molecule has 3 rings (SSSR count). The quantitative estimate of drug-likeness (QED) is 0.780. The van der Waals surface area contributed by atoms with Gasteiger partial charge in [-0.25, -0.2) is 4.68 Å². The Hall–Kier alpha value is -1.37. The van der Waals surface area contributed by atoms with Crippen molar-refractivity contribution in [3.05, 3.63) is 11.4 Å². The Kier molecular flexibility index (Phi) is 2.84. The van der Waals surface area contributed by atoms with Crippen molar-refractivity contribution in [3.63, 3.8) is 0 Å². The second-order valence-electron chi connectivity index (χ2n) is 5.34. The van der Waals surface area contributed by atoms with Crippen molar-refractivity contribution >= 4 is 0 Å². The summed E-state index contributed by atoms with van der Waals surface area (Å²) in [6, 6.07) is 2.20. The predicted molar refractivity (Wildman–Crippen MR) is 63.3 cm³/mol. The Morgan fingerprint density at radius 2 is 2.12 bits per heavy atom. The van der Waals surface area contributed by atoms with Crippen LogP contribution in [0.1, 0.15) is 55.8 Å². The number of aryl methyl sites for hydroxylation is 1. The summed E-state index contributed by atoms with van der Waals surface area (Å²) < 4.78 is 2.08. The topological polar surface area (TPSA) is 54.5 Å². The first-order valence-electron chi connectivity index (χ1n) is 6.67. The van der Waals surface area contributed by atoms with Gasteiger partial charge in [0.05, 0.1) is 18.2 Å². The van der Waals surface area contributed by atoms with Crippen LogP contribution >= 0.6 is 0 Å². The number of rotatable bonds is 5. The van der Waals surface area contributed by atoms with E-state index >= 15 is 0 Å². The van der Waals surface area contributed by atoms with E-state index < -0.39 is 0 Å². The standard InChI is InChI=1S/C13H18N4/c14-8-6-12-13(11-2-1-3-11)17(16-15-12)9-7-10-4-5-10/h10-11H,1-7,9H2. The van der Waals surface area contributed by atoms with Gasteiger partial charge in [-0.2, -0.15) is 5.26 Å². The highest BCUT2D eigenvalue weighted by Gasteiger charge is 2.28. The molecular formula is C13H18N4. The van der Waals surface area contributed by atoms with E-state index in [1.165, 1.54) is 44.2 Å². The van der Waals surface area contributed by atoms with Crippen LogP contribution in [0.15, 0.2) is 0 Å². The summed E-state index contributed by atoms with van der Waals surface area (Å²) in [5, 5.41) is 17.3. The van der Waals surface area contributed by atoms with Crippen molar-refractivity contribution in [2.45, 2.75) is 57.4 Å². The second kappa shape index (κ2) is 4.48. The smallest absolute Gasteiger partial charge is 0.100 e. The molecule has 4 nitrogen and oxygen atoms in total. The molecule has 0 bridgehead atoms. The lowest BCUT2D eigenvalue weighted by Gasteiger charge is -2.26. The zero-order valence-corrected chi connectivity index (χ0v) is 10.1. The maximum atomic E-state index is 8.83. The van der Waals surface area contributed by atoms with Crippen LogP contribution < -0.4 is 0 Å². The molecule has 0 atom stereocenters. The molecule has 17 heavy (non-hydrogen) atoms. The highest BCUT2D eigenvalue weighted by atomic mass is 15.4. The van der Waals surface area contributed by atoms with Crippen LogP contribution in [0, 0.1) is 17.2 Å². The molecule has 4 heteroatoms. The Morgan fingerprint density at radius 1 is 1.29 bits per heavy atom. The third-order valence-corrected chi connectivity index (χ3v) is 4.03. The number of nitrogens with zero attached hydrogens (tertiary/aromatic N) is 4. The van der Waals surface area contributed by atoms with Gasteiger partial charge in [-0.3, -0.25) is 0 Å². The third kappa shape index (κ3) is 2.19. The van der Waals surface area contributed by atoms with E-state index in [2.05, 4.69) is 21.1 Å². The number of nitriles is 1. The van der Waals surface area contributed by atoms with Gasteiger partial charge < -0.3 is 0 Å². The number of hydrogen-bond acceptors (Lipinski definition) is 3. The van der Waals surface area contributed by atoms with Crippen molar-refractivity contribution < 1.29 is 0 Å². The Morgan fingerprint density at radius 3 is 2.71 bits per heavy atom. The van der Waals surface area contributed by atoms with E-state index in [1.54, 1.807) is 0 Å². The maximum Gasteiger partial charge on any atom is 0.100 e. The van der Waals surface area contributed by atoms with Gasteiger partial charge in [0.1, 0.15) is 5.69 Å². The molecule has 0 spiro atoms. The molecule has 2 aliphatic carbocycles.